The molecule has 1 fully saturated rings. The van der Waals surface area contributed by atoms with E-state index >= 15 is 0 Å². The Morgan fingerprint density at radius 3 is 1.93 bits per heavy atom. The lowest BCUT2D eigenvalue weighted by molar-refractivity contribution is -0.158. The number of ether oxygens (including phenoxy) is 1. The first-order chi connectivity index (χ1) is 20.6. The summed E-state index contributed by atoms with van der Waals surface area (Å²) in [6.07, 6.45) is 4.16. The van der Waals surface area contributed by atoms with E-state index in [2.05, 4.69) is 33.5 Å². The lowest BCUT2D eigenvalue weighted by Gasteiger charge is -2.29. The first-order valence-electron chi connectivity index (χ1n) is 16.2. The maximum absolute atomic E-state index is 13.4. The summed E-state index contributed by atoms with van der Waals surface area (Å²) in [5.41, 5.74) is 0. The first kappa shape index (κ1) is 38.8. The van der Waals surface area contributed by atoms with E-state index in [1.165, 1.54) is 6.92 Å². The van der Waals surface area contributed by atoms with Crippen LogP contribution in [-0.4, -0.2) is 72.3 Å². The highest BCUT2D eigenvalue weighted by molar-refractivity contribution is 5.95. The topological polar surface area (TPSA) is 172 Å². The second kappa shape index (κ2) is 19.3. The first-order valence-corrected chi connectivity index (χ1v) is 16.2. The number of hydrogen-bond acceptors (Lipinski definition) is 7. The van der Waals surface area contributed by atoms with Crippen LogP contribution in [0.1, 0.15) is 107 Å². The summed E-state index contributed by atoms with van der Waals surface area (Å²) in [7, 11) is 0. The molecule has 0 aliphatic carbocycles. The van der Waals surface area contributed by atoms with Crippen LogP contribution < -0.4 is 26.6 Å². The number of carbonyl (C=O) groups is 6. The van der Waals surface area contributed by atoms with Gasteiger partial charge in [0.1, 0.15) is 30.3 Å². The van der Waals surface area contributed by atoms with E-state index in [9.17, 15) is 28.8 Å². The van der Waals surface area contributed by atoms with Crippen LogP contribution in [0.3, 0.4) is 0 Å². The Hall–Kier alpha value is -3.18. The minimum atomic E-state index is -1.02. The molecule has 12 heteroatoms. The fourth-order valence-corrected chi connectivity index (χ4v) is 4.97. The van der Waals surface area contributed by atoms with E-state index in [-0.39, 0.29) is 36.6 Å². The number of amides is 5. The summed E-state index contributed by atoms with van der Waals surface area (Å²) in [6.45, 7) is 16.0. The molecule has 1 heterocycles. The van der Waals surface area contributed by atoms with Gasteiger partial charge in [0.25, 0.3) is 0 Å². The van der Waals surface area contributed by atoms with Crippen LogP contribution >= 0.6 is 0 Å². The number of carbonyl (C=O) groups excluding carboxylic acids is 6. The molecule has 6 atom stereocenters. The third-order valence-electron chi connectivity index (χ3n) is 7.82. The molecular weight excluding hydrogens is 566 g/mol. The van der Waals surface area contributed by atoms with E-state index in [1.54, 1.807) is 27.7 Å². The molecule has 0 aromatic heterocycles. The number of unbranched alkanes of at least 4 members (excludes halogenated alkanes) is 3. The Bertz CT molecular complexity index is 984. The maximum atomic E-state index is 13.4. The van der Waals surface area contributed by atoms with Crippen molar-refractivity contribution in [3.05, 3.63) is 0 Å². The van der Waals surface area contributed by atoms with Gasteiger partial charge in [-0.2, -0.15) is 0 Å². The maximum Gasteiger partial charge on any atom is 0.329 e. The van der Waals surface area contributed by atoms with Crippen molar-refractivity contribution in [2.75, 3.05) is 6.54 Å². The van der Waals surface area contributed by atoms with Crippen molar-refractivity contribution < 1.29 is 33.5 Å². The zero-order chi connectivity index (χ0) is 33.6. The molecule has 252 valence electrons. The van der Waals surface area contributed by atoms with Gasteiger partial charge in [-0.05, 0) is 43.4 Å². The smallest absolute Gasteiger partial charge is 0.329 e. The van der Waals surface area contributed by atoms with Crippen molar-refractivity contribution in [1.29, 1.82) is 0 Å². The lowest BCUT2D eigenvalue weighted by atomic mass is 9.94. The number of esters is 1. The van der Waals surface area contributed by atoms with Gasteiger partial charge in [0.05, 0.1) is 13.0 Å². The Labute approximate surface area is 263 Å². The molecule has 0 spiro atoms. The van der Waals surface area contributed by atoms with Gasteiger partial charge in [-0.25, -0.2) is 4.79 Å². The predicted octanol–water partition coefficient (Wildman–Crippen LogP) is 2.34. The largest absolute Gasteiger partial charge is 0.460 e. The normalized spacial score (nSPS) is 26.0. The molecule has 12 nitrogen and oxygen atoms in total. The Balaban J connectivity index is 3.38. The summed E-state index contributed by atoms with van der Waals surface area (Å²) in [4.78, 5) is 78.9. The van der Waals surface area contributed by atoms with Crippen molar-refractivity contribution in [2.24, 2.45) is 23.7 Å². The van der Waals surface area contributed by atoms with Gasteiger partial charge >= 0.3 is 5.97 Å². The summed E-state index contributed by atoms with van der Waals surface area (Å²) >= 11 is 0. The van der Waals surface area contributed by atoms with Crippen LogP contribution in [0.5, 0.6) is 0 Å². The fourth-order valence-electron chi connectivity index (χ4n) is 4.97. The van der Waals surface area contributed by atoms with Gasteiger partial charge in [0.2, 0.25) is 29.5 Å². The number of hydrogen-bond donors (Lipinski definition) is 5. The zero-order valence-electron chi connectivity index (χ0n) is 28.2. The van der Waals surface area contributed by atoms with Crippen LogP contribution in [0, 0.1) is 23.7 Å². The van der Waals surface area contributed by atoms with Gasteiger partial charge in [-0.15, -0.1) is 0 Å². The molecule has 0 radical (unpaired) electrons. The molecule has 6 unspecified atom stereocenters. The molecule has 0 saturated carbocycles. The van der Waals surface area contributed by atoms with E-state index < -0.39 is 65.8 Å². The van der Waals surface area contributed by atoms with Crippen molar-refractivity contribution >= 4 is 35.5 Å². The van der Waals surface area contributed by atoms with Crippen LogP contribution in [0.2, 0.25) is 0 Å². The monoisotopic (exact) mass is 623 g/mol. The second-order valence-electron chi connectivity index (χ2n) is 13.2. The van der Waals surface area contributed by atoms with Gasteiger partial charge in [0.15, 0.2) is 0 Å². The summed E-state index contributed by atoms with van der Waals surface area (Å²) in [6, 6.07) is -3.98. The van der Waals surface area contributed by atoms with E-state index in [0.717, 1.165) is 32.1 Å². The molecule has 5 N–H and O–H groups in total. The van der Waals surface area contributed by atoms with E-state index in [1.807, 2.05) is 20.8 Å². The average Bonchev–Trinajstić information content (AvgIpc) is 2.93. The Morgan fingerprint density at radius 2 is 1.36 bits per heavy atom. The van der Waals surface area contributed by atoms with Gasteiger partial charge in [0, 0.05) is 0 Å². The molecule has 1 rings (SSSR count). The molecule has 0 aromatic rings. The second-order valence-corrected chi connectivity index (χ2v) is 13.2. The standard InChI is InChI=1S/C32H57N5O7/c1-10-11-12-13-14-21(8)24-16-25(38)33-17-26(39)36-27(19(4)5)31(42)35-23(15-18(2)3)30(41)34-22(9)29(40)37-28(20(6)7)32(43)44-24/h18-24,27-28H,10-17H2,1-9H3,(H,33,38)(H,34,41)(H,35,42)(H,36,39)(H,37,40). The lowest BCUT2D eigenvalue weighted by Crippen LogP contribution is -2.58. The Kier molecular flexibility index (Phi) is 17.0. The molecule has 1 aliphatic rings. The van der Waals surface area contributed by atoms with Gasteiger partial charge in [-0.3, -0.25) is 24.0 Å². The zero-order valence-corrected chi connectivity index (χ0v) is 28.2. The molecule has 5 amide bonds. The fraction of sp³-hybridized carbons (Fsp3) is 0.812. The molecule has 0 aromatic carbocycles. The number of nitrogens with one attached hydrogen (secondary N) is 5. The Morgan fingerprint density at radius 1 is 0.727 bits per heavy atom. The average molecular weight is 624 g/mol. The minimum Gasteiger partial charge on any atom is -0.460 e. The van der Waals surface area contributed by atoms with Crippen LogP contribution in [0.25, 0.3) is 0 Å². The van der Waals surface area contributed by atoms with Crippen molar-refractivity contribution in [3.8, 4) is 0 Å². The van der Waals surface area contributed by atoms with Crippen molar-refractivity contribution in [2.45, 2.75) is 138 Å². The van der Waals surface area contributed by atoms with Crippen molar-refractivity contribution in [3.63, 3.8) is 0 Å². The third-order valence-corrected chi connectivity index (χ3v) is 7.82. The molecule has 44 heavy (non-hydrogen) atoms. The van der Waals surface area contributed by atoms with E-state index in [0.29, 0.717) is 6.42 Å². The van der Waals surface area contributed by atoms with Gasteiger partial charge < -0.3 is 31.3 Å². The third kappa shape index (κ3) is 13.6. The summed E-state index contributed by atoms with van der Waals surface area (Å²) in [5.74, 6) is -4.21. The molecule has 1 aliphatic heterocycles. The van der Waals surface area contributed by atoms with E-state index in [4.69, 9.17) is 4.74 Å². The highest BCUT2D eigenvalue weighted by Crippen LogP contribution is 2.21. The van der Waals surface area contributed by atoms with Crippen molar-refractivity contribution in [1.82, 2.24) is 26.6 Å². The molecule has 0 bridgehead atoms. The van der Waals surface area contributed by atoms with Crippen LogP contribution in [0.15, 0.2) is 0 Å². The summed E-state index contributed by atoms with van der Waals surface area (Å²) < 4.78 is 5.88. The number of cyclic esters (lactones) is 1. The van der Waals surface area contributed by atoms with Crippen LogP contribution in [0.4, 0.5) is 0 Å². The highest BCUT2D eigenvalue weighted by Gasteiger charge is 2.34. The highest BCUT2D eigenvalue weighted by atomic mass is 16.5. The SMILES string of the molecule is CCCCCCC(C)C1CC(=O)NCC(=O)NC(C(C)C)C(=O)NC(CC(C)C)C(=O)NC(C)C(=O)NC(C(C)C)C(=O)O1. The quantitative estimate of drug-likeness (QED) is 0.184. The molecule has 1 saturated heterocycles. The van der Waals surface area contributed by atoms with Gasteiger partial charge in [-0.1, -0.05) is 81.1 Å². The predicted molar refractivity (Wildman–Crippen MR) is 168 cm³/mol. The summed E-state index contributed by atoms with van der Waals surface area (Å²) in [5, 5.41) is 13.3. The minimum absolute atomic E-state index is 0.0289. The van der Waals surface area contributed by atoms with Crippen LogP contribution in [-0.2, 0) is 33.5 Å². The number of rotatable bonds is 10. The molecular formula is C32H57N5O7.